The molecule has 8 nitrogen and oxygen atoms in total. The lowest BCUT2D eigenvalue weighted by Crippen LogP contribution is -2.20. The Labute approximate surface area is 102 Å². The Bertz CT molecular complexity index is 605. The number of H-pyrrole nitrogens is 1. The summed E-state index contributed by atoms with van der Waals surface area (Å²) in [7, 11) is 0. The van der Waals surface area contributed by atoms with Gasteiger partial charge in [-0.25, -0.2) is 4.98 Å². The number of nitrogen functional groups attached to an aromatic ring is 1. The number of nitrogens with zero attached hydrogens (tertiary/aromatic N) is 3. The molecule has 0 aromatic carbocycles. The van der Waals surface area contributed by atoms with Crippen molar-refractivity contribution in [3.8, 4) is 0 Å². The molecule has 98 valence electrons. The number of nitrogens with two attached hydrogens (primary N) is 1. The second-order valence-electron chi connectivity index (χ2n) is 4.00. The molecule has 0 saturated heterocycles. The van der Waals surface area contributed by atoms with Gasteiger partial charge in [0.05, 0.1) is 19.0 Å². The lowest BCUT2D eigenvalue weighted by Gasteiger charge is -2.18. The molecule has 0 saturated carbocycles. The second-order valence-corrected chi connectivity index (χ2v) is 4.00. The number of ether oxygens (including phenoxy) is 1. The molecule has 2 atom stereocenters. The number of nitrogens with one attached hydrogen (secondary N) is 1. The number of hydrogen-bond donors (Lipinski definition) is 3. The molecular formula is C10H15N5O3. The van der Waals surface area contributed by atoms with E-state index in [1.165, 1.54) is 6.33 Å². The fraction of sp³-hybridized carbons (Fsp3) is 0.500. The summed E-state index contributed by atoms with van der Waals surface area (Å²) in [5, 5.41) is 8.94. The lowest BCUT2D eigenvalue weighted by atomic mass is 10.4. The number of anilines is 1. The molecule has 0 fully saturated rings. The average Bonchev–Trinajstić information content (AvgIpc) is 2.72. The van der Waals surface area contributed by atoms with Crippen LogP contribution in [0, 0.1) is 0 Å². The summed E-state index contributed by atoms with van der Waals surface area (Å²) in [5.41, 5.74) is 5.66. The van der Waals surface area contributed by atoms with Gasteiger partial charge in [-0.05, 0) is 13.8 Å². The maximum Gasteiger partial charge on any atom is 0.280 e. The minimum Gasteiger partial charge on any atom is -0.394 e. The highest BCUT2D eigenvalue weighted by Crippen LogP contribution is 2.16. The summed E-state index contributed by atoms with van der Waals surface area (Å²) in [6.45, 7) is 3.42. The number of imidazole rings is 1. The van der Waals surface area contributed by atoms with Crippen LogP contribution in [0.5, 0.6) is 0 Å². The number of fused-ring (bicyclic) bond motifs is 1. The molecule has 18 heavy (non-hydrogen) atoms. The fourth-order valence-electron chi connectivity index (χ4n) is 1.65. The molecule has 2 heterocycles. The van der Waals surface area contributed by atoms with Gasteiger partial charge in [-0.2, -0.15) is 4.98 Å². The van der Waals surface area contributed by atoms with Crippen molar-refractivity contribution in [1.82, 2.24) is 19.5 Å². The van der Waals surface area contributed by atoms with Gasteiger partial charge in [-0.3, -0.25) is 14.3 Å². The Kier molecular flexibility index (Phi) is 3.30. The number of hydrogen-bond acceptors (Lipinski definition) is 6. The van der Waals surface area contributed by atoms with E-state index < -0.39 is 11.8 Å². The summed E-state index contributed by atoms with van der Waals surface area (Å²) in [6, 6.07) is 0. The fourth-order valence-corrected chi connectivity index (χ4v) is 1.65. The van der Waals surface area contributed by atoms with Crippen LogP contribution in [0.1, 0.15) is 20.1 Å². The molecule has 2 aromatic rings. The Balaban J connectivity index is 2.43. The van der Waals surface area contributed by atoms with E-state index >= 15 is 0 Å². The molecule has 0 amide bonds. The first kappa shape index (κ1) is 12.5. The van der Waals surface area contributed by atoms with E-state index in [1.807, 2.05) is 0 Å². The van der Waals surface area contributed by atoms with E-state index in [0.29, 0.717) is 5.65 Å². The number of aliphatic hydroxyl groups excluding tert-OH is 1. The summed E-state index contributed by atoms with van der Waals surface area (Å²) in [6.07, 6.45) is 0.726. The number of rotatable bonds is 4. The van der Waals surface area contributed by atoms with E-state index in [4.69, 9.17) is 15.6 Å². The van der Waals surface area contributed by atoms with Crippen LogP contribution in [0.2, 0.25) is 0 Å². The number of aromatic amines is 1. The first-order chi connectivity index (χ1) is 8.52. The molecule has 2 aromatic heterocycles. The molecule has 0 aliphatic rings. The van der Waals surface area contributed by atoms with Crippen LogP contribution in [0.15, 0.2) is 11.1 Å². The second kappa shape index (κ2) is 4.75. The van der Waals surface area contributed by atoms with Gasteiger partial charge in [0.25, 0.3) is 5.56 Å². The quantitative estimate of drug-likeness (QED) is 0.683. The minimum absolute atomic E-state index is 0.0247. The SMILES string of the molecule is C[C@@H](CO)O[C@H](C)n1cnc2c(=O)[nH]c(N)nc21. The first-order valence-electron chi connectivity index (χ1n) is 5.51. The lowest BCUT2D eigenvalue weighted by molar-refractivity contribution is -0.0542. The third-order valence-corrected chi connectivity index (χ3v) is 2.53. The van der Waals surface area contributed by atoms with E-state index in [2.05, 4.69) is 15.0 Å². The van der Waals surface area contributed by atoms with Gasteiger partial charge >= 0.3 is 0 Å². The van der Waals surface area contributed by atoms with Gasteiger partial charge in [0.1, 0.15) is 6.23 Å². The van der Waals surface area contributed by atoms with Crippen LogP contribution in [0.25, 0.3) is 11.2 Å². The summed E-state index contributed by atoms with van der Waals surface area (Å²) < 4.78 is 7.10. The Morgan fingerprint density at radius 3 is 3.00 bits per heavy atom. The third-order valence-electron chi connectivity index (χ3n) is 2.53. The maximum absolute atomic E-state index is 11.6. The Morgan fingerprint density at radius 1 is 1.61 bits per heavy atom. The zero-order chi connectivity index (χ0) is 13.3. The van der Waals surface area contributed by atoms with Crippen LogP contribution in [-0.4, -0.2) is 37.3 Å². The van der Waals surface area contributed by atoms with Crippen molar-refractivity contribution in [2.75, 3.05) is 12.3 Å². The van der Waals surface area contributed by atoms with E-state index in [1.54, 1.807) is 18.4 Å². The highest BCUT2D eigenvalue weighted by Gasteiger charge is 2.15. The van der Waals surface area contributed by atoms with Crippen molar-refractivity contribution >= 4 is 17.1 Å². The van der Waals surface area contributed by atoms with E-state index in [9.17, 15) is 4.79 Å². The van der Waals surface area contributed by atoms with Gasteiger partial charge in [-0.15, -0.1) is 0 Å². The highest BCUT2D eigenvalue weighted by atomic mass is 16.5. The predicted molar refractivity (Wildman–Crippen MR) is 64.9 cm³/mol. The van der Waals surface area contributed by atoms with Crippen molar-refractivity contribution in [3.63, 3.8) is 0 Å². The number of aromatic nitrogens is 4. The standard InChI is InChI=1S/C10H15N5O3/c1-5(3-16)18-6(2)15-4-12-7-8(15)13-10(11)14-9(7)17/h4-6,16H,3H2,1-2H3,(H3,11,13,14,17)/t5-,6+/m0/s1. The monoisotopic (exact) mass is 253 g/mol. The van der Waals surface area contributed by atoms with E-state index in [0.717, 1.165) is 0 Å². The van der Waals surface area contributed by atoms with Gasteiger partial charge in [0, 0.05) is 0 Å². The molecule has 0 aliphatic carbocycles. The smallest absolute Gasteiger partial charge is 0.280 e. The van der Waals surface area contributed by atoms with Crippen LogP contribution in [0.3, 0.4) is 0 Å². The molecule has 0 bridgehead atoms. The van der Waals surface area contributed by atoms with Crippen molar-refractivity contribution in [2.24, 2.45) is 0 Å². The molecular weight excluding hydrogens is 238 g/mol. The molecule has 0 unspecified atom stereocenters. The highest BCUT2D eigenvalue weighted by molar-refractivity contribution is 5.70. The van der Waals surface area contributed by atoms with Crippen molar-refractivity contribution in [3.05, 3.63) is 16.7 Å². The number of aliphatic hydroxyl groups is 1. The maximum atomic E-state index is 11.6. The van der Waals surface area contributed by atoms with Crippen LogP contribution in [0.4, 0.5) is 5.95 Å². The normalized spacial score (nSPS) is 14.8. The van der Waals surface area contributed by atoms with Gasteiger partial charge < -0.3 is 15.6 Å². The molecule has 2 rings (SSSR count). The van der Waals surface area contributed by atoms with Crippen LogP contribution < -0.4 is 11.3 Å². The first-order valence-corrected chi connectivity index (χ1v) is 5.51. The zero-order valence-corrected chi connectivity index (χ0v) is 10.1. The van der Waals surface area contributed by atoms with Crippen molar-refractivity contribution in [1.29, 1.82) is 0 Å². The third kappa shape index (κ3) is 2.20. The Morgan fingerprint density at radius 2 is 2.33 bits per heavy atom. The molecule has 8 heteroatoms. The minimum atomic E-state index is -0.411. The van der Waals surface area contributed by atoms with Crippen molar-refractivity contribution < 1.29 is 9.84 Å². The Hall–Kier alpha value is -1.93. The van der Waals surface area contributed by atoms with Crippen molar-refractivity contribution in [2.45, 2.75) is 26.2 Å². The van der Waals surface area contributed by atoms with Gasteiger partial charge in [0.15, 0.2) is 11.2 Å². The predicted octanol–water partition coefficient (Wildman–Crippen LogP) is -0.382. The topological polar surface area (TPSA) is 119 Å². The largest absolute Gasteiger partial charge is 0.394 e. The summed E-state index contributed by atoms with van der Waals surface area (Å²) in [5.74, 6) is 0.0247. The summed E-state index contributed by atoms with van der Waals surface area (Å²) >= 11 is 0. The van der Waals surface area contributed by atoms with Gasteiger partial charge in [0.2, 0.25) is 5.95 Å². The van der Waals surface area contributed by atoms with E-state index in [-0.39, 0.29) is 24.2 Å². The molecule has 0 radical (unpaired) electrons. The van der Waals surface area contributed by atoms with Gasteiger partial charge in [-0.1, -0.05) is 0 Å². The average molecular weight is 253 g/mol. The summed E-state index contributed by atoms with van der Waals surface area (Å²) in [4.78, 5) is 22.0. The zero-order valence-electron chi connectivity index (χ0n) is 10.1. The van der Waals surface area contributed by atoms with Crippen LogP contribution in [-0.2, 0) is 4.74 Å². The molecule has 0 aliphatic heterocycles. The molecule has 0 spiro atoms. The van der Waals surface area contributed by atoms with Crippen LogP contribution >= 0.6 is 0 Å². The molecule has 4 N–H and O–H groups in total.